The van der Waals surface area contributed by atoms with E-state index in [9.17, 15) is 8.42 Å². The van der Waals surface area contributed by atoms with E-state index in [4.69, 9.17) is 0 Å². The third-order valence-electron chi connectivity index (χ3n) is 4.30. The minimum Gasteiger partial charge on any atom is -0.295 e. The molecule has 0 amide bonds. The third-order valence-corrected chi connectivity index (χ3v) is 7.07. The second-order valence-corrected chi connectivity index (χ2v) is 8.88. The van der Waals surface area contributed by atoms with E-state index in [-0.39, 0.29) is 4.90 Å². The van der Waals surface area contributed by atoms with Crippen LogP contribution in [0.3, 0.4) is 0 Å². The summed E-state index contributed by atoms with van der Waals surface area (Å²) in [5, 5.41) is 2.80. The fourth-order valence-corrected chi connectivity index (χ4v) is 5.04. The third kappa shape index (κ3) is 4.03. The van der Waals surface area contributed by atoms with E-state index < -0.39 is 10.0 Å². The van der Waals surface area contributed by atoms with Crippen LogP contribution in [-0.4, -0.2) is 63.7 Å². The second-order valence-electron chi connectivity index (χ2n) is 6.09. The molecule has 1 fully saturated rings. The van der Waals surface area contributed by atoms with E-state index in [1.165, 1.54) is 21.8 Å². The van der Waals surface area contributed by atoms with Crippen molar-refractivity contribution in [3.8, 4) is 10.8 Å². The number of hydrogen-bond acceptors (Lipinski definition) is 8. The zero-order chi connectivity index (χ0) is 18.7. The van der Waals surface area contributed by atoms with Gasteiger partial charge in [-0.25, -0.2) is 23.4 Å². The normalized spacial score (nSPS) is 16.4. The van der Waals surface area contributed by atoms with Gasteiger partial charge >= 0.3 is 0 Å². The molecule has 0 saturated carbocycles. The van der Waals surface area contributed by atoms with E-state index in [0.29, 0.717) is 38.5 Å². The van der Waals surface area contributed by atoms with Crippen LogP contribution in [0, 0.1) is 0 Å². The van der Waals surface area contributed by atoms with Gasteiger partial charge in [-0.2, -0.15) is 4.31 Å². The standard InChI is InChI=1S/C17H18N6O2S2/c24-27(25,15-3-1-4-18-11-15)23-9-7-22(8-10-23)12-14-13-26-17(21-14)16-19-5-2-6-20-16/h1-6,11,13H,7-10,12H2. The van der Waals surface area contributed by atoms with Crippen molar-refractivity contribution in [2.24, 2.45) is 0 Å². The van der Waals surface area contributed by atoms with Crippen molar-refractivity contribution in [3.05, 3.63) is 54.1 Å². The molecule has 0 spiro atoms. The van der Waals surface area contributed by atoms with E-state index >= 15 is 0 Å². The number of thiazole rings is 1. The topological polar surface area (TPSA) is 92.2 Å². The smallest absolute Gasteiger partial charge is 0.244 e. The van der Waals surface area contributed by atoms with Crippen LogP contribution in [-0.2, 0) is 16.6 Å². The molecule has 27 heavy (non-hydrogen) atoms. The summed E-state index contributed by atoms with van der Waals surface area (Å²) < 4.78 is 26.8. The highest BCUT2D eigenvalue weighted by Crippen LogP contribution is 2.22. The van der Waals surface area contributed by atoms with Crippen molar-refractivity contribution < 1.29 is 8.42 Å². The van der Waals surface area contributed by atoms with Crippen LogP contribution in [0.4, 0.5) is 0 Å². The van der Waals surface area contributed by atoms with Gasteiger partial charge < -0.3 is 0 Å². The Bertz CT molecular complexity index is 987. The Morgan fingerprint density at radius 2 is 1.81 bits per heavy atom. The van der Waals surface area contributed by atoms with Gasteiger partial charge in [0.1, 0.15) is 4.90 Å². The second kappa shape index (κ2) is 7.77. The SMILES string of the molecule is O=S(=O)(c1cccnc1)N1CCN(Cc2csc(-c3ncccn3)n2)CC1. The van der Waals surface area contributed by atoms with Crippen molar-refractivity contribution in [2.45, 2.75) is 11.4 Å². The van der Waals surface area contributed by atoms with E-state index in [0.717, 1.165) is 10.7 Å². The highest BCUT2D eigenvalue weighted by Gasteiger charge is 2.28. The average molecular weight is 403 g/mol. The number of sulfonamides is 1. The zero-order valence-corrected chi connectivity index (χ0v) is 16.1. The van der Waals surface area contributed by atoms with Crippen LogP contribution in [0.2, 0.25) is 0 Å². The largest absolute Gasteiger partial charge is 0.295 e. The highest BCUT2D eigenvalue weighted by molar-refractivity contribution is 7.89. The highest BCUT2D eigenvalue weighted by atomic mass is 32.2. The molecule has 0 unspecified atom stereocenters. The maximum absolute atomic E-state index is 12.7. The van der Waals surface area contributed by atoms with Crippen molar-refractivity contribution in [1.82, 2.24) is 29.1 Å². The van der Waals surface area contributed by atoms with E-state index in [2.05, 4.69) is 24.8 Å². The molecule has 140 valence electrons. The van der Waals surface area contributed by atoms with Crippen molar-refractivity contribution in [1.29, 1.82) is 0 Å². The number of pyridine rings is 1. The molecule has 0 N–H and O–H groups in total. The van der Waals surface area contributed by atoms with Crippen LogP contribution in [0.1, 0.15) is 5.69 Å². The Balaban J connectivity index is 1.37. The lowest BCUT2D eigenvalue weighted by atomic mass is 10.3. The quantitative estimate of drug-likeness (QED) is 0.638. The summed E-state index contributed by atoms with van der Waals surface area (Å²) in [5.41, 5.74) is 0.950. The summed E-state index contributed by atoms with van der Waals surface area (Å²) in [6.45, 7) is 2.92. The first-order valence-corrected chi connectivity index (χ1v) is 10.8. The molecule has 0 aromatic carbocycles. The van der Waals surface area contributed by atoms with Crippen LogP contribution >= 0.6 is 11.3 Å². The van der Waals surface area contributed by atoms with Crippen LogP contribution in [0.5, 0.6) is 0 Å². The molecule has 1 aliphatic heterocycles. The Kier molecular flexibility index (Phi) is 5.21. The summed E-state index contributed by atoms with van der Waals surface area (Å²) in [6.07, 6.45) is 6.36. The van der Waals surface area contributed by atoms with Gasteiger partial charge in [0.15, 0.2) is 10.8 Å². The number of rotatable bonds is 5. The molecule has 4 rings (SSSR count). The molecule has 0 atom stereocenters. The molecule has 1 aliphatic rings. The molecule has 4 heterocycles. The molecule has 0 bridgehead atoms. The first-order valence-electron chi connectivity index (χ1n) is 8.47. The average Bonchev–Trinajstić information content (AvgIpc) is 3.18. The first kappa shape index (κ1) is 18.1. The molecule has 3 aromatic heterocycles. The van der Waals surface area contributed by atoms with Gasteiger partial charge in [-0.05, 0) is 18.2 Å². The Morgan fingerprint density at radius 1 is 1.04 bits per heavy atom. The van der Waals surface area contributed by atoms with E-state index in [1.54, 1.807) is 36.8 Å². The molecule has 8 nitrogen and oxygen atoms in total. The lowest BCUT2D eigenvalue weighted by molar-refractivity contribution is 0.180. The van der Waals surface area contributed by atoms with Crippen LogP contribution in [0.15, 0.2) is 53.3 Å². The van der Waals surface area contributed by atoms with Gasteiger partial charge in [0.05, 0.1) is 5.69 Å². The molecule has 10 heteroatoms. The lowest BCUT2D eigenvalue weighted by Crippen LogP contribution is -2.48. The van der Waals surface area contributed by atoms with E-state index in [1.807, 2.05) is 5.38 Å². The van der Waals surface area contributed by atoms with Gasteiger partial charge in [0.25, 0.3) is 0 Å². The summed E-state index contributed by atoms with van der Waals surface area (Å²) in [6, 6.07) is 4.99. The number of aromatic nitrogens is 4. The van der Waals surface area contributed by atoms with Crippen molar-refractivity contribution in [3.63, 3.8) is 0 Å². The minimum atomic E-state index is -3.48. The maximum Gasteiger partial charge on any atom is 0.244 e. The molecule has 0 aliphatic carbocycles. The fraction of sp³-hybridized carbons (Fsp3) is 0.294. The van der Waals surface area contributed by atoms with Crippen LogP contribution < -0.4 is 0 Å². The summed E-state index contributed by atoms with van der Waals surface area (Å²) in [7, 11) is -3.48. The number of nitrogens with zero attached hydrogens (tertiary/aromatic N) is 6. The minimum absolute atomic E-state index is 0.241. The zero-order valence-electron chi connectivity index (χ0n) is 14.5. The number of hydrogen-bond donors (Lipinski definition) is 0. The maximum atomic E-state index is 12.7. The van der Waals surface area contributed by atoms with Gasteiger partial charge in [-0.15, -0.1) is 11.3 Å². The number of piperazine rings is 1. The lowest BCUT2D eigenvalue weighted by Gasteiger charge is -2.33. The summed E-state index contributed by atoms with van der Waals surface area (Å²) >= 11 is 1.52. The van der Waals surface area contributed by atoms with Gasteiger partial charge in [0.2, 0.25) is 10.0 Å². The predicted octanol–water partition coefficient (Wildman–Crippen LogP) is 1.50. The fourth-order valence-electron chi connectivity index (χ4n) is 2.90. The van der Waals surface area contributed by atoms with Gasteiger partial charge in [-0.1, -0.05) is 0 Å². The summed E-state index contributed by atoms with van der Waals surface area (Å²) in [4.78, 5) is 19.4. The van der Waals surface area contributed by atoms with Gasteiger partial charge in [-0.3, -0.25) is 9.88 Å². The first-order chi connectivity index (χ1) is 13.1. The van der Waals surface area contributed by atoms with Gasteiger partial charge in [0, 0.05) is 62.9 Å². The molecular weight excluding hydrogens is 384 g/mol. The van der Waals surface area contributed by atoms with Crippen LogP contribution in [0.25, 0.3) is 10.8 Å². The van der Waals surface area contributed by atoms with Crippen molar-refractivity contribution >= 4 is 21.4 Å². The molecule has 1 saturated heterocycles. The molecular formula is C17H18N6O2S2. The summed E-state index contributed by atoms with van der Waals surface area (Å²) in [5.74, 6) is 0.626. The Labute approximate surface area is 161 Å². The Morgan fingerprint density at radius 3 is 2.52 bits per heavy atom. The molecule has 0 radical (unpaired) electrons. The van der Waals surface area contributed by atoms with Crippen molar-refractivity contribution in [2.75, 3.05) is 26.2 Å². The Hall–Kier alpha value is -2.27. The molecule has 3 aromatic rings. The monoisotopic (exact) mass is 402 g/mol. The predicted molar refractivity (Wildman–Crippen MR) is 101 cm³/mol.